The molecule has 1 aromatic carbocycles. The lowest BCUT2D eigenvalue weighted by atomic mass is 10.00. The Morgan fingerprint density at radius 3 is 2.96 bits per heavy atom. The summed E-state index contributed by atoms with van der Waals surface area (Å²) < 4.78 is 7.65. The Morgan fingerprint density at radius 2 is 2.23 bits per heavy atom. The van der Waals surface area contributed by atoms with Crippen LogP contribution in [0.5, 0.6) is 11.5 Å². The highest BCUT2D eigenvalue weighted by Gasteiger charge is 2.35. The first-order chi connectivity index (χ1) is 12.3. The van der Waals surface area contributed by atoms with Crippen molar-refractivity contribution in [3.63, 3.8) is 0 Å². The van der Waals surface area contributed by atoms with Gasteiger partial charge >= 0.3 is 0 Å². The highest BCUT2D eigenvalue weighted by molar-refractivity contribution is 5.98. The number of phenols is 1. The van der Waals surface area contributed by atoms with Crippen molar-refractivity contribution >= 4 is 5.91 Å². The molecule has 1 saturated heterocycles. The number of amides is 1. The highest BCUT2D eigenvalue weighted by atomic mass is 16.5. The molecule has 0 saturated carbocycles. The minimum absolute atomic E-state index is 0.0196. The Hall–Kier alpha value is -2.50. The number of nitrogens with zero attached hydrogens (tertiary/aromatic N) is 3. The van der Waals surface area contributed by atoms with Gasteiger partial charge in [-0.25, -0.2) is 0 Å². The topological polar surface area (TPSA) is 67.6 Å². The molecule has 1 atom stereocenters. The maximum Gasteiger partial charge on any atom is 0.257 e. The molecule has 6 heteroatoms. The van der Waals surface area contributed by atoms with E-state index in [1.54, 1.807) is 10.7 Å². The van der Waals surface area contributed by atoms with E-state index < -0.39 is 0 Å². The normalized spacial score (nSPS) is 20.9. The lowest BCUT2D eigenvalue weighted by molar-refractivity contribution is 0.0781. The van der Waals surface area contributed by atoms with Crippen molar-refractivity contribution < 1.29 is 14.6 Å². The summed E-state index contributed by atoms with van der Waals surface area (Å²) in [7, 11) is 1.91. The molecule has 0 bridgehead atoms. The van der Waals surface area contributed by atoms with Gasteiger partial charge in [-0.15, -0.1) is 0 Å². The first kappa shape index (κ1) is 16.9. The molecule has 0 radical (unpaired) electrons. The molecule has 1 N–H and O–H groups in total. The van der Waals surface area contributed by atoms with Crippen LogP contribution in [-0.4, -0.2) is 44.4 Å². The lowest BCUT2D eigenvalue weighted by Crippen LogP contribution is -2.29. The second-order valence-electron chi connectivity index (χ2n) is 8.12. The largest absolute Gasteiger partial charge is 0.504 e. The van der Waals surface area contributed by atoms with Gasteiger partial charge in [-0.3, -0.25) is 9.48 Å². The minimum Gasteiger partial charge on any atom is -0.504 e. The second kappa shape index (κ2) is 6.04. The van der Waals surface area contributed by atoms with Crippen molar-refractivity contribution in [1.29, 1.82) is 0 Å². The number of aryl methyl sites for hydroxylation is 1. The monoisotopic (exact) mass is 355 g/mol. The number of benzene rings is 1. The van der Waals surface area contributed by atoms with Crippen LogP contribution in [0.3, 0.4) is 0 Å². The standard InChI is InChI=1S/C20H25N3O3/c1-20(2)9-15-4-5-16(17(24)18(15)26-20)19(25)23-7-6-13(12-23)8-14-10-21-22(3)11-14/h4-5,10-11,13,24H,6-9,12H2,1-3H3/t13-/m1/s1. The van der Waals surface area contributed by atoms with E-state index >= 15 is 0 Å². The summed E-state index contributed by atoms with van der Waals surface area (Å²) in [5, 5.41) is 14.8. The Kier molecular flexibility index (Phi) is 3.93. The first-order valence-corrected chi connectivity index (χ1v) is 9.13. The van der Waals surface area contributed by atoms with Crippen LogP contribution < -0.4 is 4.74 Å². The summed E-state index contributed by atoms with van der Waals surface area (Å²) in [5.41, 5.74) is 2.15. The number of carbonyl (C=O) groups is 1. The van der Waals surface area contributed by atoms with E-state index in [-0.39, 0.29) is 17.3 Å². The lowest BCUT2D eigenvalue weighted by Gasteiger charge is -2.19. The van der Waals surface area contributed by atoms with E-state index in [1.165, 1.54) is 5.56 Å². The molecule has 1 fully saturated rings. The summed E-state index contributed by atoms with van der Waals surface area (Å²) in [4.78, 5) is 14.8. The quantitative estimate of drug-likeness (QED) is 0.919. The predicted octanol–water partition coefficient (Wildman–Crippen LogP) is 2.54. The van der Waals surface area contributed by atoms with Crippen LogP contribution in [0.15, 0.2) is 24.5 Å². The second-order valence-corrected chi connectivity index (χ2v) is 8.12. The molecule has 4 rings (SSSR count). The number of ether oxygens (including phenoxy) is 1. The fourth-order valence-electron chi connectivity index (χ4n) is 4.07. The Bertz CT molecular complexity index is 856. The van der Waals surface area contributed by atoms with E-state index in [4.69, 9.17) is 4.74 Å². The van der Waals surface area contributed by atoms with Crippen molar-refractivity contribution in [2.75, 3.05) is 13.1 Å². The number of phenolic OH excluding ortho intramolecular Hbond substituents is 1. The third kappa shape index (κ3) is 3.04. The molecule has 0 spiro atoms. The summed E-state index contributed by atoms with van der Waals surface area (Å²) >= 11 is 0. The molecule has 26 heavy (non-hydrogen) atoms. The van der Waals surface area contributed by atoms with Crippen LogP contribution in [0, 0.1) is 5.92 Å². The molecular weight excluding hydrogens is 330 g/mol. The van der Waals surface area contributed by atoms with E-state index in [9.17, 15) is 9.90 Å². The Labute approximate surface area is 153 Å². The third-order valence-electron chi connectivity index (χ3n) is 5.29. The maximum atomic E-state index is 12.9. The molecule has 2 aliphatic rings. The van der Waals surface area contributed by atoms with Crippen molar-refractivity contribution in [3.05, 3.63) is 41.2 Å². The van der Waals surface area contributed by atoms with Gasteiger partial charge in [0.05, 0.1) is 11.8 Å². The average Bonchev–Trinajstić information content (AvgIpc) is 3.26. The van der Waals surface area contributed by atoms with Gasteiger partial charge in [-0.05, 0) is 44.2 Å². The zero-order valence-electron chi connectivity index (χ0n) is 15.5. The van der Waals surface area contributed by atoms with Crippen molar-refractivity contribution in [2.24, 2.45) is 13.0 Å². The summed E-state index contributed by atoms with van der Waals surface area (Å²) in [6.45, 7) is 5.39. The van der Waals surface area contributed by atoms with Crippen LogP contribution in [0.4, 0.5) is 0 Å². The van der Waals surface area contributed by atoms with Crippen LogP contribution in [0.1, 0.15) is 41.8 Å². The van der Waals surface area contributed by atoms with Crippen LogP contribution >= 0.6 is 0 Å². The number of hydrogen-bond donors (Lipinski definition) is 1. The molecule has 138 valence electrons. The number of carbonyl (C=O) groups excluding carboxylic acids is 1. The smallest absolute Gasteiger partial charge is 0.257 e. The summed E-state index contributed by atoms with van der Waals surface area (Å²) in [5.74, 6) is 0.753. The zero-order chi connectivity index (χ0) is 18.5. The molecule has 2 aromatic rings. The molecule has 6 nitrogen and oxygen atoms in total. The van der Waals surface area contributed by atoms with Gasteiger partial charge in [-0.2, -0.15) is 5.10 Å². The van der Waals surface area contributed by atoms with Crippen LogP contribution in [0.25, 0.3) is 0 Å². The van der Waals surface area contributed by atoms with Gasteiger partial charge in [0, 0.05) is 38.3 Å². The highest BCUT2D eigenvalue weighted by Crippen LogP contribution is 2.43. The molecular formula is C20H25N3O3. The SMILES string of the molecule is Cn1cc(C[C@H]2CCN(C(=O)c3ccc4c(c3O)OC(C)(C)C4)C2)cn1. The molecule has 1 amide bonds. The molecule has 1 aromatic heterocycles. The molecule has 0 aliphatic carbocycles. The fourth-order valence-corrected chi connectivity index (χ4v) is 4.07. The average molecular weight is 355 g/mol. The van der Waals surface area contributed by atoms with Gasteiger partial charge in [0.25, 0.3) is 5.91 Å². The summed E-state index contributed by atoms with van der Waals surface area (Å²) in [6, 6.07) is 3.63. The third-order valence-corrected chi connectivity index (χ3v) is 5.29. The number of aromatic nitrogens is 2. The maximum absolute atomic E-state index is 12.9. The molecule has 0 unspecified atom stereocenters. The predicted molar refractivity (Wildman–Crippen MR) is 97.4 cm³/mol. The van der Waals surface area contributed by atoms with Gasteiger partial charge < -0.3 is 14.7 Å². The number of hydrogen-bond acceptors (Lipinski definition) is 4. The van der Waals surface area contributed by atoms with Gasteiger partial charge in [0.1, 0.15) is 5.60 Å². The van der Waals surface area contributed by atoms with E-state index in [0.29, 0.717) is 30.3 Å². The Morgan fingerprint density at radius 1 is 1.42 bits per heavy atom. The first-order valence-electron chi connectivity index (χ1n) is 9.13. The van der Waals surface area contributed by atoms with E-state index in [0.717, 1.165) is 24.8 Å². The van der Waals surface area contributed by atoms with Gasteiger partial charge in [0.15, 0.2) is 11.5 Å². The van der Waals surface area contributed by atoms with E-state index in [2.05, 4.69) is 5.10 Å². The number of fused-ring (bicyclic) bond motifs is 1. The van der Waals surface area contributed by atoms with Crippen LogP contribution in [-0.2, 0) is 19.9 Å². The number of rotatable bonds is 3. The number of aromatic hydroxyl groups is 1. The van der Waals surface area contributed by atoms with Crippen molar-refractivity contribution in [3.8, 4) is 11.5 Å². The molecule has 3 heterocycles. The van der Waals surface area contributed by atoms with E-state index in [1.807, 2.05) is 44.3 Å². The zero-order valence-corrected chi connectivity index (χ0v) is 15.5. The molecule has 2 aliphatic heterocycles. The van der Waals surface area contributed by atoms with Gasteiger partial charge in [-0.1, -0.05) is 6.07 Å². The minimum atomic E-state index is -0.343. The van der Waals surface area contributed by atoms with Crippen LogP contribution in [0.2, 0.25) is 0 Å². The van der Waals surface area contributed by atoms with Crippen molar-refractivity contribution in [1.82, 2.24) is 14.7 Å². The fraction of sp³-hybridized carbons (Fsp3) is 0.500. The van der Waals surface area contributed by atoms with Gasteiger partial charge in [0.2, 0.25) is 0 Å². The number of likely N-dealkylation sites (tertiary alicyclic amines) is 1. The Balaban J connectivity index is 1.47. The summed E-state index contributed by atoms with van der Waals surface area (Å²) in [6.07, 6.45) is 6.54. The van der Waals surface area contributed by atoms with Crippen molar-refractivity contribution in [2.45, 2.75) is 38.7 Å².